The van der Waals surface area contributed by atoms with Crippen molar-refractivity contribution in [3.8, 4) is 22.2 Å². The van der Waals surface area contributed by atoms with E-state index in [0.29, 0.717) is 17.4 Å². The Bertz CT molecular complexity index is 727. The van der Waals surface area contributed by atoms with Gasteiger partial charge in [-0.1, -0.05) is 5.16 Å². The Hall–Kier alpha value is -1.99. The van der Waals surface area contributed by atoms with Crippen molar-refractivity contribution in [2.75, 3.05) is 0 Å². The van der Waals surface area contributed by atoms with Crippen LogP contribution < -0.4 is 5.73 Å². The lowest BCUT2D eigenvalue weighted by Gasteiger charge is -2.34. The quantitative estimate of drug-likeness (QED) is 0.796. The first-order valence-electron chi connectivity index (χ1n) is 6.36. The maximum atomic E-state index is 6.18. The van der Waals surface area contributed by atoms with Crippen molar-refractivity contribution in [3.05, 3.63) is 29.8 Å². The van der Waals surface area contributed by atoms with Gasteiger partial charge in [-0.2, -0.15) is 4.98 Å². The topological polar surface area (TPSA) is 91.0 Å². The molecule has 2 N–H and O–H groups in total. The first-order chi connectivity index (χ1) is 9.74. The highest BCUT2D eigenvalue weighted by atomic mass is 32.1. The van der Waals surface area contributed by atoms with Crippen LogP contribution in [0.25, 0.3) is 22.2 Å². The Morgan fingerprint density at radius 3 is 2.90 bits per heavy atom. The summed E-state index contributed by atoms with van der Waals surface area (Å²) < 4.78 is 10.3. The van der Waals surface area contributed by atoms with Gasteiger partial charge in [-0.3, -0.25) is 0 Å². The van der Waals surface area contributed by atoms with Crippen LogP contribution >= 0.6 is 11.3 Å². The van der Waals surface area contributed by atoms with Crippen molar-refractivity contribution in [2.45, 2.75) is 24.8 Å². The van der Waals surface area contributed by atoms with E-state index in [-0.39, 0.29) is 0 Å². The number of furan rings is 1. The van der Waals surface area contributed by atoms with Gasteiger partial charge in [-0.15, -0.1) is 11.3 Å². The Balaban J connectivity index is 1.65. The molecule has 0 aromatic carbocycles. The fourth-order valence-corrected chi connectivity index (χ4v) is 2.98. The largest absolute Gasteiger partial charge is 0.472 e. The van der Waals surface area contributed by atoms with Gasteiger partial charge in [0, 0.05) is 10.9 Å². The molecule has 3 aromatic rings. The molecule has 4 rings (SSSR count). The predicted molar refractivity (Wildman–Crippen MR) is 72.8 cm³/mol. The predicted octanol–water partition coefficient (Wildman–Crippen LogP) is 2.79. The van der Waals surface area contributed by atoms with E-state index < -0.39 is 5.54 Å². The lowest BCUT2D eigenvalue weighted by atomic mass is 9.77. The van der Waals surface area contributed by atoms with Gasteiger partial charge >= 0.3 is 0 Å². The second kappa shape index (κ2) is 4.26. The number of thiazole rings is 1. The number of hydrogen-bond donors (Lipinski definition) is 1. The zero-order valence-electron chi connectivity index (χ0n) is 10.6. The normalized spacial score (nSPS) is 17.1. The van der Waals surface area contributed by atoms with Crippen molar-refractivity contribution in [1.82, 2.24) is 15.1 Å². The van der Waals surface area contributed by atoms with Crippen LogP contribution in [-0.2, 0) is 5.54 Å². The third-order valence-corrected chi connectivity index (χ3v) is 4.50. The summed E-state index contributed by atoms with van der Waals surface area (Å²) in [5.74, 6) is 0.999. The molecule has 6 nitrogen and oxygen atoms in total. The minimum atomic E-state index is -0.412. The molecule has 1 aliphatic carbocycles. The highest BCUT2D eigenvalue weighted by Crippen LogP contribution is 2.38. The average molecular weight is 288 g/mol. The van der Waals surface area contributed by atoms with Crippen LogP contribution in [0.2, 0.25) is 0 Å². The molecule has 20 heavy (non-hydrogen) atoms. The Morgan fingerprint density at radius 1 is 1.30 bits per heavy atom. The van der Waals surface area contributed by atoms with Crippen molar-refractivity contribution < 1.29 is 8.94 Å². The van der Waals surface area contributed by atoms with Crippen LogP contribution in [0.1, 0.15) is 25.1 Å². The van der Waals surface area contributed by atoms with Gasteiger partial charge in [0.1, 0.15) is 17.0 Å². The summed E-state index contributed by atoms with van der Waals surface area (Å²) in [5, 5.41) is 6.75. The molecule has 0 radical (unpaired) electrons. The van der Waals surface area contributed by atoms with Gasteiger partial charge in [0.25, 0.3) is 5.89 Å². The molecule has 3 heterocycles. The van der Waals surface area contributed by atoms with Gasteiger partial charge < -0.3 is 14.7 Å². The maximum absolute atomic E-state index is 6.18. The number of aromatic nitrogens is 3. The second-order valence-corrected chi connectivity index (χ2v) is 5.84. The van der Waals surface area contributed by atoms with Crippen LogP contribution in [0.15, 0.2) is 32.9 Å². The SMILES string of the molecule is NC1(c2noc(-c3csc(-c4ccoc4)n3)n2)CCC1. The Labute approximate surface area is 118 Å². The van der Waals surface area contributed by atoms with Crippen molar-refractivity contribution >= 4 is 11.3 Å². The monoisotopic (exact) mass is 288 g/mol. The molecule has 0 aliphatic heterocycles. The number of rotatable bonds is 3. The molecular weight excluding hydrogens is 276 g/mol. The van der Waals surface area contributed by atoms with E-state index in [0.717, 1.165) is 29.8 Å². The van der Waals surface area contributed by atoms with E-state index in [2.05, 4.69) is 15.1 Å². The standard InChI is InChI=1S/C13H12N4O2S/c14-13(3-1-4-13)12-16-10(19-17-12)9-7-20-11(15-9)8-2-5-18-6-8/h2,5-7H,1,3-4,14H2. The number of nitrogens with two attached hydrogens (primary N) is 1. The van der Waals surface area contributed by atoms with E-state index >= 15 is 0 Å². The lowest BCUT2D eigenvalue weighted by Crippen LogP contribution is -2.44. The minimum absolute atomic E-state index is 0.412. The zero-order valence-corrected chi connectivity index (χ0v) is 11.4. The van der Waals surface area contributed by atoms with Gasteiger partial charge in [-0.25, -0.2) is 4.98 Å². The summed E-state index contributed by atoms with van der Waals surface area (Å²) in [5.41, 5.74) is 7.39. The van der Waals surface area contributed by atoms with Crippen LogP contribution in [-0.4, -0.2) is 15.1 Å². The first kappa shape index (κ1) is 11.8. The van der Waals surface area contributed by atoms with E-state index in [1.54, 1.807) is 12.5 Å². The molecule has 0 saturated heterocycles. The Kier molecular flexibility index (Phi) is 2.51. The van der Waals surface area contributed by atoms with E-state index in [1.807, 2.05) is 11.4 Å². The van der Waals surface area contributed by atoms with Gasteiger partial charge in [0.15, 0.2) is 5.82 Å². The van der Waals surface area contributed by atoms with E-state index in [9.17, 15) is 0 Å². The number of hydrogen-bond acceptors (Lipinski definition) is 7. The second-order valence-electron chi connectivity index (χ2n) is 4.98. The molecule has 3 aromatic heterocycles. The molecule has 1 fully saturated rings. The lowest BCUT2D eigenvalue weighted by molar-refractivity contribution is 0.229. The molecule has 0 amide bonds. The van der Waals surface area contributed by atoms with Gasteiger partial charge in [0.2, 0.25) is 0 Å². The minimum Gasteiger partial charge on any atom is -0.472 e. The van der Waals surface area contributed by atoms with Crippen molar-refractivity contribution in [2.24, 2.45) is 5.73 Å². The zero-order chi connectivity index (χ0) is 13.6. The molecule has 7 heteroatoms. The summed E-state index contributed by atoms with van der Waals surface area (Å²) in [6, 6.07) is 1.87. The molecular formula is C13H12N4O2S. The molecule has 1 aliphatic rings. The summed E-state index contributed by atoms with van der Waals surface area (Å²) in [6.07, 6.45) is 6.20. The van der Waals surface area contributed by atoms with Gasteiger partial charge in [-0.05, 0) is 25.3 Å². The molecule has 0 bridgehead atoms. The van der Waals surface area contributed by atoms with Crippen LogP contribution in [0.5, 0.6) is 0 Å². The highest BCUT2D eigenvalue weighted by molar-refractivity contribution is 7.13. The summed E-state index contributed by atoms with van der Waals surface area (Å²) in [6.45, 7) is 0. The molecule has 102 valence electrons. The summed E-state index contributed by atoms with van der Waals surface area (Å²) in [7, 11) is 0. The van der Waals surface area contributed by atoms with Crippen LogP contribution in [0.3, 0.4) is 0 Å². The van der Waals surface area contributed by atoms with Crippen LogP contribution in [0.4, 0.5) is 0 Å². The third kappa shape index (κ3) is 1.78. The third-order valence-electron chi connectivity index (χ3n) is 3.61. The smallest absolute Gasteiger partial charge is 0.277 e. The molecule has 1 saturated carbocycles. The van der Waals surface area contributed by atoms with E-state index in [1.165, 1.54) is 11.3 Å². The van der Waals surface area contributed by atoms with E-state index in [4.69, 9.17) is 14.7 Å². The van der Waals surface area contributed by atoms with Crippen molar-refractivity contribution in [3.63, 3.8) is 0 Å². The highest BCUT2D eigenvalue weighted by Gasteiger charge is 2.39. The summed E-state index contributed by atoms with van der Waals surface area (Å²) >= 11 is 1.51. The fourth-order valence-electron chi connectivity index (χ4n) is 2.20. The first-order valence-corrected chi connectivity index (χ1v) is 7.24. The molecule has 0 unspecified atom stereocenters. The van der Waals surface area contributed by atoms with Crippen molar-refractivity contribution in [1.29, 1.82) is 0 Å². The Morgan fingerprint density at radius 2 is 2.20 bits per heavy atom. The average Bonchev–Trinajstić information content (AvgIpc) is 3.13. The van der Waals surface area contributed by atoms with Crippen LogP contribution in [0, 0.1) is 0 Å². The fraction of sp³-hybridized carbons (Fsp3) is 0.308. The maximum Gasteiger partial charge on any atom is 0.277 e. The summed E-state index contributed by atoms with van der Waals surface area (Å²) in [4.78, 5) is 8.87. The number of nitrogens with zero attached hydrogens (tertiary/aromatic N) is 3. The molecule has 0 spiro atoms. The van der Waals surface area contributed by atoms with Gasteiger partial charge in [0.05, 0.1) is 11.8 Å². The molecule has 0 atom stereocenters.